The van der Waals surface area contributed by atoms with E-state index in [1.807, 2.05) is 0 Å². The van der Waals surface area contributed by atoms with Crippen LogP contribution in [0.15, 0.2) is 46.5 Å². The minimum atomic E-state index is -4.58. The first-order chi connectivity index (χ1) is 15.1. The summed E-state index contributed by atoms with van der Waals surface area (Å²) in [5.74, 6) is 0. The quantitative estimate of drug-likeness (QED) is 0.380. The molecular formula is C21H18Cl3F3N4O. The molecular weight excluding hydrogens is 488 g/mol. The molecule has 1 aliphatic rings. The zero-order chi connectivity index (χ0) is 23.5. The van der Waals surface area contributed by atoms with Gasteiger partial charge in [0.05, 0.1) is 17.8 Å². The Morgan fingerprint density at radius 3 is 2.47 bits per heavy atom. The molecule has 0 bridgehead atoms. The Hall–Kier alpha value is -2.29. The molecule has 1 unspecified atom stereocenters. The minimum absolute atomic E-state index is 0.0347. The fourth-order valence-corrected chi connectivity index (χ4v) is 4.13. The van der Waals surface area contributed by atoms with E-state index in [1.54, 1.807) is 19.1 Å². The summed E-state index contributed by atoms with van der Waals surface area (Å²) in [5, 5.41) is 6.79. The Morgan fingerprint density at radius 1 is 1.19 bits per heavy atom. The van der Waals surface area contributed by atoms with Crippen LogP contribution >= 0.6 is 34.8 Å². The number of carbonyl (C=O) groups is 1. The van der Waals surface area contributed by atoms with Gasteiger partial charge >= 0.3 is 12.2 Å². The highest BCUT2D eigenvalue weighted by Gasteiger charge is 2.58. The number of hydrogen-bond donors (Lipinski definition) is 2. The molecule has 32 heavy (non-hydrogen) atoms. The van der Waals surface area contributed by atoms with Gasteiger partial charge in [0.15, 0.2) is 0 Å². The number of nitrogens with zero attached hydrogens (tertiary/aromatic N) is 2. The average molecular weight is 506 g/mol. The molecule has 170 valence electrons. The number of halogens is 6. The molecule has 11 heteroatoms. The molecule has 1 aliphatic heterocycles. The predicted molar refractivity (Wildman–Crippen MR) is 121 cm³/mol. The second-order valence-electron chi connectivity index (χ2n) is 7.14. The van der Waals surface area contributed by atoms with E-state index in [2.05, 4.69) is 20.8 Å². The Kier molecular flexibility index (Phi) is 7.37. The van der Waals surface area contributed by atoms with E-state index in [-0.39, 0.29) is 32.8 Å². The number of hydrazone groups is 1. The maximum absolute atomic E-state index is 14.2. The standard InChI is InChI=1S/C21H18Cl3F3N4O/c1-2-28-19(32)31-30-10-13-4-3-12(5-17(13)24)18-9-20(11-29-18,21(25,26)27)14-6-15(22)8-16(23)7-14/h3-8,10H,2,9,11H2,1H3,(H2,28,31,32)/b30-10+. The van der Waals surface area contributed by atoms with Crippen LogP contribution in [0.1, 0.15) is 30.0 Å². The molecule has 5 nitrogen and oxygen atoms in total. The van der Waals surface area contributed by atoms with Crippen LogP contribution in [0.25, 0.3) is 0 Å². The fourth-order valence-electron chi connectivity index (χ4n) is 3.37. The normalized spacial score (nSPS) is 18.7. The van der Waals surface area contributed by atoms with Gasteiger partial charge in [-0.05, 0) is 42.3 Å². The summed E-state index contributed by atoms with van der Waals surface area (Å²) in [6, 6.07) is 8.17. The van der Waals surface area contributed by atoms with E-state index in [1.165, 1.54) is 30.5 Å². The largest absolute Gasteiger partial charge is 0.400 e. The van der Waals surface area contributed by atoms with Crippen molar-refractivity contribution in [2.24, 2.45) is 10.1 Å². The van der Waals surface area contributed by atoms with Gasteiger partial charge in [0, 0.05) is 34.3 Å². The van der Waals surface area contributed by atoms with Gasteiger partial charge in [-0.3, -0.25) is 4.99 Å². The maximum Gasteiger partial charge on any atom is 0.400 e. The third-order valence-corrected chi connectivity index (χ3v) is 5.77. The summed E-state index contributed by atoms with van der Waals surface area (Å²) < 4.78 is 42.6. The van der Waals surface area contributed by atoms with Crippen molar-refractivity contribution in [3.05, 3.63) is 68.2 Å². The van der Waals surface area contributed by atoms with E-state index >= 15 is 0 Å². The topological polar surface area (TPSA) is 65.8 Å². The van der Waals surface area contributed by atoms with Crippen molar-refractivity contribution in [1.29, 1.82) is 0 Å². The molecule has 0 radical (unpaired) electrons. The van der Waals surface area contributed by atoms with Crippen molar-refractivity contribution in [3.8, 4) is 0 Å². The van der Waals surface area contributed by atoms with Gasteiger partial charge in [-0.1, -0.05) is 46.9 Å². The van der Waals surface area contributed by atoms with Crippen LogP contribution in [0.4, 0.5) is 18.0 Å². The number of hydrogen-bond acceptors (Lipinski definition) is 3. The van der Waals surface area contributed by atoms with Gasteiger partial charge in [0.2, 0.25) is 0 Å². The highest BCUT2D eigenvalue weighted by atomic mass is 35.5. The number of carbonyl (C=O) groups excluding carboxylic acids is 1. The second kappa shape index (κ2) is 9.68. The summed E-state index contributed by atoms with van der Waals surface area (Å²) in [6.45, 7) is 1.72. The number of nitrogens with one attached hydrogen (secondary N) is 2. The lowest BCUT2D eigenvalue weighted by Crippen LogP contribution is -2.43. The van der Waals surface area contributed by atoms with Crippen LogP contribution < -0.4 is 10.7 Å². The number of amides is 2. The number of aliphatic imine (C=N–C) groups is 1. The third-order valence-electron chi connectivity index (χ3n) is 5.01. The lowest BCUT2D eigenvalue weighted by atomic mass is 9.76. The third kappa shape index (κ3) is 5.19. The van der Waals surface area contributed by atoms with E-state index < -0.39 is 24.2 Å². The number of rotatable bonds is 5. The highest BCUT2D eigenvalue weighted by molar-refractivity contribution is 6.35. The Balaban J connectivity index is 1.84. The molecule has 0 saturated carbocycles. The Bertz CT molecular complexity index is 1070. The summed E-state index contributed by atoms with van der Waals surface area (Å²) >= 11 is 18.2. The number of alkyl halides is 3. The van der Waals surface area contributed by atoms with Gasteiger partial charge in [0.1, 0.15) is 5.41 Å². The smallest absolute Gasteiger partial charge is 0.337 e. The van der Waals surface area contributed by atoms with Crippen LogP contribution in [0.3, 0.4) is 0 Å². The van der Waals surface area contributed by atoms with Crippen LogP contribution in [0.5, 0.6) is 0 Å². The van der Waals surface area contributed by atoms with Crippen molar-refractivity contribution in [1.82, 2.24) is 10.7 Å². The zero-order valence-electron chi connectivity index (χ0n) is 16.7. The highest BCUT2D eigenvalue weighted by Crippen LogP contribution is 2.48. The Labute approximate surface area is 197 Å². The van der Waals surface area contributed by atoms with Crippen molar-refractivity contribution in [3.63, 3.8) is 0 Å². The van der Waals surface area contributed by atoms with Crippen molar-refractivity contribution < 1.29 is 18.0 Å². The molecule has 1 heterocycles. The average Bonchev–Trinajstić information content (AvgIpc) is 3.15. The lowest BCUT2D eigenvalue weighted by molar-refractivity contribution is -0.183. The van der Waals surface area contributed by atoms with E-state index in [0.29, 0.717) is 17.7 Å². The molecule has 0 aromatic heterocycles. The van der Waals surface area contributed by atoms with Gasteiger partial charge in [-0.15, -0.1) is 0 Å². The SMILES string of the molecule is CCNC(=O)N/N=C/c1ccc(C2=NCC(c3cc(Cl)cc(Cl)c3)(C(F)(F)F)C2)cc1Cl. The molecule has 0 saturated heterocycles. The van der Waals surface area contributed by atoms with Crippen molar-refractivity contribution in [2.45, 2.75) is 24.9 Å². The molecule has 2 aromatic rings. The first-order valence-electron chi connectivity index (χ1n) is 9.49. The van der Waals surface area contributed by atoms with Crippen LogP contribution in [0, 0.1) is 0 Å². The summed E-state index contributed by atoms with van der Waals surface area (Å²) in [4.78, 5) is 15.5. The second-order valence-corrected chi connectivity index (χ2v) is 8.42. The maximum atomic E-state index is 14.2. The van der Waals surface area contributed by atoms with Gasteiger partial charge in [-0.2, -0.15) is 18.3 Å². The zero-order valence-corrected chi connectivity index (χ0v) is 19.0. The summed E-state index contributed by atoms with van der Waals surface area (Å²) in [6.07, 6.45) is -3.62. The molecule has 2 amide bonds. The number of urea groups is 1. The number of benzene rings is 2. The van der Waals surface area contributed by atoms with Crippen molar-refractivity contribution >= 4 is 52.8 Å². The molecule has 2 aromatic carbocycles. The van der Waals surface area contributed by atoms with Gasteiger partial charge < -0.3 is 5.32 Å². The predicted octanol–water partition coefficient (Wildman–Crippen LogP) is 5.99. The van der Waals surface area contributed by atoms with Crippen LogP contribution in [-0.2, 0) is 5.41 Å². The fraction of sp³-hybridized carbons (Fsp3) is 0.286. The van der Waals surface area contributed by atoms with Crippen LogP contribution in [-0.4, -0.2) is 37.2 Å². The molecule has 2 N–H and O–H groups in total. The summed E-state index contributed by atoms with van der Waals surface area (Å²) in [7, 11) is 0. The molecule has 0 spiro atoms. The minimum Gasteiger partial charge on any atom is -0.337 e. The van der Waals surface area contributed by atoms with E-state index in [0.717, 1.165) is 0 Å². The molecule has 1 atom stereocenters. The van der Waals surface area contributed by atoms with Crippen molar-refractivity contribution in [2.75, 3.05) is 13.1 Å². The van der Waals surface area contributed by atoms with Crippen LogP contribution in [0.2, 0.25) is 15.1 Å². The molecule has 3 rings (SSSR count). The first kappa shape index (κ1) is 24.4. The first-order valence-corrected chi connectivity index (χ1v) is 10.6. The molecule has 0 aliphatic carbocycles. The summed E-state index contributed by atoms with van der Waals surface area (Å²) in [5.41, 5.74) is 1.21. The molecule has 0 fully saturated rings. The van der Waals surface area contributed by atoms with E-state index in [9.17, 15) is 18.0 Å². The van der Waals surface area contributed by atoms with E-state index in [4.69, 9.17) is 34.8 Å². The monoisotopic (exact) mass is 504 g/mol. The van der Waals surface area contributed by atoms with Gasteiger partial charge in [0.25, 0.3) is 0 Å². The van der Waals surface area contributed by atoms with Gasteiger partial charge in [-0.25, -0.2) is 10.2 Å². The Morgan fingerprint density at radius 2 is 1.88 bits per heavy atom. The lowest BCUT2D eigenvalue weighted by Gasteiger charge is -2.31.